The molecule has 0 heterocycles. The van der Waals surface area contributed by atoms with Crippen molar-refractivity contribution >= 4 is 33.1 Å². The number of rotatable bonds is 5. The van der Waals surface area contributed by atoms with Gasteiger partial charge in [-0.1, -0.05) is 17.7 Å². The summed E-state index contributed by atoms with van der Waals surface area (Å²) in [6, 6.07) is 4.70. The molecule has 0 aliphatic carbocycles. The molecule has 0 saturated heterocycles. The van der Waals surface area contributed by atoms with E-state index in [0.717, 1.165) is 6.26 Å². The highest BCUT2D eigenvalue weighted by Crippen LogP contribution is 2.22. The fraction of sp³-hybridized carbons (Fsp3) is 0.364. The normalized spacial score (nSPS) is 11.2. The minimum Gasteiger partial charge on any atom is -0.462 e. The van der Waals surface area contributed by atoms with Gasteiger partial charge in [-0.05, 0) is 18.6 Å². The minimum absolute atomic E-state index is 0.0105. The molecule has 0 atom stereocenters. The Balaban J connectivity index is 2.56. The Bertz CT molecular complexity index is 522. The zero-order valence-corrected chi connectivity index (χ0v) is 11.4. The van der Waals surface area contributed by atoms with Crippen molar-refractivity contribution in [2.45, 2.75) is 6.42 Å². The van der Waals surface area contributed by atoms with E-state index in [1.54, 1.807) is 12.1 Å². The summed E-state index contributed by atoms with van der Waals surface area (Å²) in [4.78, 5) is 11.7. The quantitative estimate of drug-likeness (QED) is 0.505. The summed E-state index contributed by atoms with van der Waals surface area (Å²) in [5.41, 5.74) is 5.96. The van der Waals surface area contributed by atoms with Crippen molar-refractivity contribution in [1.82, 2.24) is 0 Å². The highest BCUT2D eigenvalue weighted by molar-refractivity contribution is 7.90. The van der Waals surface area contributed by atoms with Gasteiger partial charge in [0.25, 0.3) is 0 Å². The maximum Gasteiger partial charge on any atom is 0.341 e. The smallest absolute Gasteiger partial charge is 0.341 e. The first-order valence-electron chi connectivity index (χ1n) is 5.20. The summed E-state index contributed by atoms with van der Waals surface area (Å²) < 4.78 is 26.7. The lowest BCUT2D eigenvalue weighted by Crippen LogP contribution is -2.12. The van der Waals surface area contributed by atoms with Crippen LogP contribution in [0.4, 0.5) is 5.69 Å². The molecule has 1 aromatic rings. The number of nitrogen functional groups attached to an aromatic ring is 1. The summed E-state index contributed by atoms with van der Waals surface area (Å²) in [6.45, 7) is 0.0105. The van der Waals surface area contributed by atoms with Crippen LogP contribution in [-0.4, -0.2) is 33.0 Å². The van der Waals surface area contributed by atoms with Crippen LogP contribution in [0, 0.1) is 0 Å². The molecule has 0 bridgehead atoms. The number of ether oxygens (including phenoxy) is 1. The van der Waals surface area contributed by atoms with E-state index in [0.29, 0.717) is 0 Å². The van der Waals surface area contributed by atoms with E-state index in [9.17, 15) is 13.2 Å². The van der Waals surface area contributed by atoms with Crippen molar-refractivity contribution in [2.24, 2.45) is 0 Å². The molecule has 5 nitrogen and oxygen atoms in total. The van der Waals surface area contributed by atoms with Gasteiger partial charge in [-0.2, -0.15) is 0 Å². The molecule has 1 aromatic carbocycles. The monoisotopic (exact) mass is 291 g/mol. The first kappa shape index (κ1) is 14.8. The van der Waals surface area contributed by atoms with Gasteiger partial charge in [0.2, 0.25) is 0 Å². The van der Waals surface area contributed by atoms with Crippen molar-refractivity contribution in [1.29, 1.82) is 0 Å². The van der Waals surface area contributed by atoms with Crippen LogP contribution in [0.25, 0.3) is 0 Å². The minimum atomic E-state index is -3.05. The summed E-state index contributed by atoms with van der Waals surface area (Å²) in [7, 11) is -3.05. The van der Waals surface area contributed by atoms with Crippen molar-refractivity contribution < 1.29 is 17.9 Å². The van der Waals surface area contributed by atoms with E-state index >= 15 is 0 Å². The Hall–Kier alpha value is -1.27. The molecule has 18 heavy (non-hydrogen) atoms. The average Bonchev–Trinajstić information content (AvgIpc) is 2.23. The summed E-state index contributed by atoms with van der Waals surface area (Å²) in [5, 5.41) is 0.211. The SMILES string of the molecule is CS(=O)(=O)CCCOC(=O)c1c(N)cccc1Cl. The number of carbonyl (C=O) groups excluding carboxylic acids is 1. The van der Waals surface area contributed by atoms with Gasteiger partial charge in [0, 0.05) is 11.9 Å². The summed E-state index contributed by atoms with van der Waals surface area (Å²) in [5.74, 6) is -0.676. The van der Waals surface area contributed by atoms with E-state index in [4.69, 9.17) is 22.1 Å². The Morgan fingerprint density at radius 1 is 1.44 bits per heavy atom. The molecule has 0 amide bonds. The van der Waals surface area contributed by atoms with Crippen molar-refractivity contribution in [3.05, 3.63) is 28.8 Å². The predicted octanol–water partition coefficient (Wildman–Crippen LogP) is 1.51. The second-order valence-corrected chi connectivity index (χ2v) is 6.49. The topological polar surface area (TPSA) is 86.5 Å². The molecule has 0 saturated carbocycles. The maximum atomic E-state index is 11.7. The van der Waals surface area contributed by atoms with Gasteiger partial charge < -0.3 is 10.5 Å². The molecule has 0 aliphatic heterocycles. The highest BCUT2D eigenvalue weighted by Gasteiger charge is 2.15. The largest absolute Gasteiger partial charge is 0.462 e. The van der Waals surface area contributed by atoms with E-state index in [1.165, 1.54) is 6.07 Å². The number of hydrogen-bond acceptors (Lipinski definition) is 5. The first-order chi connectivity index (χ1) is 8.31. The number of sulfone groups is 1. The van der Waals surface area contributed by atoms with Crippen LogP contribution < -0.4 is 5.73 Å². The van der Waals surface area contributed by atoms with Gasteiger partial charge in [-0.3, -0.25) is 0 Å². The van der Waals surface area contributed by atoms with E-state index in [2.05, 4.69) is 0 Å². The van der Waals surface area contributed by atoms with Crippen molar-refractivity contribution in [2.75, 3.05) is 24.3 Å². The maximum absolute atomic E-state index is 11.7. The zero-order chi connectivity index (χ0) is 13.8. The number of esters is 1. The Kier molecular flexibility index (Phi) is 4.98. The van der Waals surface area contributed by atoms with Gasteiger partial charge in [0.05, 0.1) is 17.4 Å². The molecular formula is C11H14ClNO4S. The fourth-order valence-electron chi connectivity index (χ4n) is 1.31. The second kappa shape index (κ2) is 6.06. The lowest BCUT2D eigenvalue weighted by molar-refractivity contribution is 0.0507. The molecule has 0 aromatic heterocycles. The predicted molar refractivity (Wildman–Crippen MR) is 70.5 cm³/mol. The summed E-state index contributed by atoms with van der Waals surface area (Å²) in [6.07, 6.45) is 1.37. The molecule has 0 fully saturated rings. The molecule has 0 radical (unpaired) electrons. The summed E-state index contributed by atoms with van der Waals surface area (Å²) >= 11 is 5.83. The Labute approximate surface area is 111 Å². The van der Waals surface area contributed by atoms with Crippen LogP contribution in [-0.2, 0) is 14.6 Å². The number of nitrogens with two attached hydrogens (primary N) is 1. The number of halogens is 1. The lowest BCUT2D eigenvalue weighted by Gasteiger charge is -2.08. The van der Waals surface area contributed by atoms with Crippen LogP contribution in [0.3, 0.4) is 0 Å². The third-order valence-corrected chi connectivity index (χ3v) is 3.49. The third kappa shape index (κ3) is 4.54. The van der Waals surface area contributed by atoms with Crippen molar-refractivity contribution in [3.8, 4) is 0 Å². The standard InChI is InChI=1S/C11H14ClNO4S/c1-18(15,16)7-3-6-17-11(14)10-8(12)4-2-5-9(10)13/h2,4-5H,3,6-7,13H2,1H3. The zero-order valence-electron chi connectivity index (χ0n) is 9.85. The van der Waals surface area contributed by atoms with Gasteiger partial charge in [0.15, 0.2) is 0 Å². The molecule has 1 rings (SSSR count). The molecule has 7 heteroatoms. The van der Waals surface area contributed by atoms with Gasteiger partial charge in [0.1, 0.15) is 15.4 Å². The molecule has 0 spiro atoms. The fourth-order valence-corrected chi connectivity index (χ4v) is 2.22. The number of anilines is 1. The lowest BCUT2D eigenvalue weighted by atomic mass is 10.2. The molecule has 100 valence electrons. The molecule has 0 unspecified atom stereocenters. The number of benzene rings is 1. The van der Waals surface area contributed by atoms with Crippen LogP contribution in [0.15, 0.2) is 18.2 Å². The Morgan fingerprint density at radius 2 is 2.11 bits per heavy atom. The molecular weight excluding hydrogens is 278 g/mol. The van der Waals surface area contributed by atoms with Gasteiger partial charge in [-0.15, -0.1) is 0 Å². The molecule has 2 N–H and O–H groups in total. The molecule has 0 aliphatic rings. The van der Waals surface area contributed by atoms with Gasteiger partial charge >= 0.3 is 5.97 Å². The van der Waals surface area contributed by atoms with E-state index < -0.39 is 15.8 Å². The van der Waals surface area contributed by atoms with Crippen LogP contribution in [0.2, 0.25) is 5.02 Å². The van der Waals surface area contributed by atoms with Crippen LogP contribution >= 0.6 is 11.6 Å². The first-order valence-corrected chi connectivity index (χ1v) is 7.64. The van der Waals surface area contributed by atoms with E-state index in [-0.39, 0.29) is 35.1 Å². The highest BCUT2D eigenvalue weighted by atomic mass is 35.5. The number of hydrogen-bond donors (Lipinski definition) is 1. The third-order valence-electron chi connectivity index (χ3n) is 2.14. The Morgan fingerprint density at radius 3 is 2.67 bits per heavy atom. The van der Waals surface area contributed by atoms with Crippen LogP contribution in [0.1, 0.15) is 16.8 Å². The average molecular weight is 292 g/mol. The number of carbonyl (C=O) groups is 1. The van der Waals surface area contributed by atoms with Crippen molar-refractivity contribution in [3.63, 3.8) is 0 Å². The van der Waals surface area contributed by atoms with E-state index in [1.807, 2.05) is 0 Å². The second-order valence-electron chi connectivity index (χ2n) is 3.82. The van der Waals surface area contributed by atoms with Gasteiger partial charge in [-0.25, -0.2) is 13.2 Å². The van der Waals surface area contributed by atoms with Crippen LogP contribution in [0.5, 0.6) is 0 Å².